The average molecular weight is 569 g/mol. The Balaban J connectivity index is 1.06. The highest BCUT2D eigenvalue weighted by Crippen LogP contribution is 2.37. The van der Waals surface area contributed by atoms with E-state index in [9.17, 15) is 27.9 Å². The molecule has 3 heterocycles. The van der Waals surface area contributed by atoms with Crippen LogP contribution in [-0.4, -0.2) is 68.5 Å². The van der Waals surface area contributed by atoms with Crippen molar-refractivity contribution >= 4 is 11.8 Å². The van der Waals surface area contributed by atoms with Crippen LogP contribution >= 0.6 is 0 Å². The zero-order valence-corrected chi connectivity index (χ0v) is 22.3. The van der Waals surface area contributed by atoms with E-state index in [1.165, 1.54) is 12.4 Å². The molecule has 1 unspecified atom stereocenters. The topological polar surface area (TPSA) is 120 Å². The molecule has 3 aromatic rings. The van der Waals surface area contributed by atoms with Gasteiger partial charge in [-0.05, 0) is 56.4 Å². The first-order valence-corrected chi connectivity index (χ1v) is 13.5. The van der Waals surface area contributed by atoms with Crippen molar-refractivity contribution in [3.05, 3.63) is 78.1 Å². The molecule has 2 fully saturated rings. The van der Waals surface area contributed by atoms with Gasteiger partial charge in [-0.15, -0.1) is 0 Å². The minimum absolute atomic E-state index is 0.0832. The largest absolute Gasteiger partial charge is 0.416 e. The summed E-state index contributed by atoms with van der Waals surface area (Å²) < 4.78 is 38.8. The Morgan fingerprint density at radius 3 is 2.44 bits per heavy atom. The van der Waals surface area contributed by atoms with Gasteiger partial charge in [0.1, 0.15) is 11.9 Å². The van der Waals surface area contributed by atoms with Crippen molar-refractivity contribution in [3.8, 4) is 11.1 Å². The van der Waals surface area contributed by atoms with Crippen LogP contribution in [-0.2, 0) is 16.6 Å². The molecule has 1 aromatic carbocycles. The summed E-state index contributed by atoms with van der Waals surface area (Å²) in [5.74, 6) is -1.02. The third-order valence-electron chi connectivity index (χ3n) is 7.81. The van der Waals surface area contributed by atoms with Gasteiger partial charge in [-0.3, -0.25) is 14.6 Å². The van der Waals surface area contributed by atoms with Gasteiger partial charge in [0.05, 0.1) is 17.8 Å². The molecule has 9 nitrogen and oxygen atoms in total. The number of hydrogen-bond donors (Lipinski definition) is 3. The number of nitrogens with one attached hydrogen (secondary N) is 2. The Morgan fingerprint density at radius 1 is 1.00 bits per heavy atom. The lowest BCUT2D eigenvalue weighted by atomic mass is 9.79. The standard InChI is InChI=1S/C29H31F3N6O3/c30-29(31,32)22-3-1-2-19(12-22)27(40)36-16-26(39)38-11-8-24(17-38)37-23-6-9-28(41,10-7-23)25-5-4-20(15-35-25)21-13-33-18-34-14-21/h1-5,12-15,18,23-24,37,41H,6-11,16-17H2,(H,36,40). The number of aromatic nitrogens is 3. The smallest absolute Gasteiger partial charge is 0.384 e. The fraction of sp³-hybridized carbons (Fsp3) is 0.414. The van der Waals surface area contributed by atoms with Crippen LogP contribution < -0.4 is 10.6 Å². The first kappa shape index (κ1) is 28.6. The lowest BCUT2D eigenvalue weighted by Crippen LogP contribution is -2.46. The van der Waals surface area contributed by atoms with Crippen molar-refractivity contribution < 1.29 is 27.9 Å². The Labute approximate surface area is 235 Å². The van der Waals surface area contributed by atoms with E-state index in [1.54, 1.807) is 23.5 Å². The van der Waals surface area contributed by atoms with E-state index in [0.29, 0.717) is 31.6 Å². The highest BCUT2D eigenvalue weighted by molar-refractivity contribution is 5.96. The van der Waals surface area contributed by atoms with Gasteiger partial charge in [0.25, 0.3) is 5.91 Å². The van der Waals surface area contributed by atoms with Crippen molar-refractivity contribution in [3.63, 3.8) is 0 Å². The maximum atomic E-state index is 12.9. The van der Waals surface area contributed by atoms with Crippen molar-refractivity contribution in [2.45, 2.75) is 56.0 Å². The molecular formula is C29H31F3N6O3. The summed E-state index contributed by atoms with van der Waals surface area (Å²) in [4.78, 5) is 39.2. The molecule has 0 spiro atoms. The first-order chi connectivity index (χ1) is 19.6. The van der Waals surface area contributed by atoms with Crippen LogP contribution in [0.5, 0.6) is 0 Å². The van der Waals surface area contributed by atoms with Gasteiger partial charge < -0.3 is 20.6 Å². The average Bonchev–Trinajstić information content (AvgIpc) is 3.46. The molecule has 41 heavy (non-hydrogen) atoms. The van der Waals surface area contributed by atoms with Gasteiger partial charge in [0, 0.05) is 60.5 Å². The minimum Gasteiger partial charge on any atom is -0.384 e. The molecule has 0 bridgehead atoms. The summed E-state index contributed by atoms with van der Waals surface area (Å²) in [7, 11) is 0. The SMILES string of the molecule is O=C(NCC(=O)N1CCC(NC2CCC(O)(c3ccc(-c4cncnc4)cn3)CC2)C1)c1cccc(C(F)(F)F)c1. The second-order valence-electron chi connectivity index (χ2n) is 10.6. The first-order valence-electron chi connectivity index (χ1n) is 13.5. The summed E-state index contributed by atoms with van der Waals surface area (Å²) in [5.41, 5.74) is 0.305. The minimum atomic E-state index is -4.55. The van der Waals surface area contributed by atoms with Crippen LogP contribution in [0, 0.1) is 0 Å². The van der Waals surface area contributed by atoms with Crippen molar-refractivity contribution in [1.29, 1.82) is 0 Å². The number of pyridine rings is 1. The van der Waals surface area contributed by atoms with E-state index in [1.807, 2.05) is 12.1 Å². The second kappa shape index (κ2) is 11.9. The predicted octanol–water partition coefficient (Wildman–Crippen LogP) is 3.31. The number of carbonyl (C=O) groups is 2. The zero-order chi connectivity index (χ0) is 29.0. The van der Waals surface area contributed by atoms with E-state index in [2.05, 4.69) is 25.6 Å². The third-order valence-corrected chi connectivity index (χ3v) is 7.81. The van der Waals surface area contributed by atoms with Gasteiger partial charge in [-0.2, -0.15) is 13.2 Å². The molecule has 12 heteroatoms. The highest BCUT2D eigenvalue weighted by atomic mass is 19.4. The summed E-state index contributed by atoms with van der Waals surface area (Å²) in [5, 5.41) is 17.3. The van der Waals surface area contributed by atoms with Gasteiger partial charge in [-0.1, -0.05) is 12.1 Å². The fourth-order valence-corrected chi connectivity index (χ4v) is 5.47. The second-order valence-corrected chi connectivity index (χ2v) is 10.6. The van der Waals surface area contributed by atoms with E-state index >= 15 is 0 Å². The van der Waals surface area contributed by atoms with E-state index in [4.69, 9.17) is 0 Å². The predicted molar refractivity (Wildman–Crippen MR) is 143 cm³/mol. The number of amides is 2. The van der Waals surface area contributed by atoms with Gasteiger partial charge in [-0.25, -0.2) is 9.97 Å². The van der Waals surface area contributed by atoms with Crippen molar-refractivity contribution in [2.75, 3.05) is 19.6 Å². The number of carbonyl (C=O) groups excluding carboxylic acids is 2. The number of halogens is 3. The molecule has 0 radical (unpaired) electrons. The number of aliphatic hydroxyl groups is 1. The quantitative estimate of drug-likeness (QED) is 0.400. The molecule has 5 rings (SSSR count). The lowest BCUT2D eigenvalue weighted by Gasteiger charge is -2.37. The molecule has 3 N–H and O–H groups in total. The Morgan fingerprint density at radius 2 is 1.76 bits per heavy atom. The highest BCUT2D eigenvalue weighted by Gasteiger charge is 2.37. The van der Waals surface area contributed by atoms with E-state index in [-0.39, 0.29) is 30.1 Å². The molecular weight excluding hydrogens is 537 g/mol. The number of alkyl halides is 3. The van der Waals surface area contributed by atoms with Crippen LogP contribution in [0.15, 0.2) is 61.3 Å². The normalized spacial score (nSPS) is 22.9. The number of rotatable bonds is 7. The molecule has 1 aliphatic carbocycles. The van der Waals surface area contributed by atoms with Gasteiger partial charge >= 0.3 is 6.18 Å². The molecule has 1 saturated heterocycles. The maximum absolute atomic E-state index is 12.9. The molecule has 2 aromatic heterocycles. The molecule has 1 atom stereocenters. The lowest BCUT2D eigenvalue weighted by molar-refractivity contribution is -0.137. The van der Waals surface area contributed by atoms with Crippen LogP contribution in [0.2, 0.25) is 0 Å². The zero-order valence-electron chi connectivity index (χ0n) is 22.3. The number of benzene rings is 1. The molecule has 2 amide bonds. The van der Waals surface area contributed by atoms with E-state index in [0.717, 1.165) is 48.6 Å². The van der Waals surface area contributed by atoms with Crippen molar-refractivity contribution in [2.24, 2.45) is 0 Å². The molecule has 1 aliphatic heterocycles. The van der Waals surface area contributed by atoms with Crippen LogP contribution in [0.3, 0.4) is 0 Å². The molecule has 2 aliphatic rings. The third kappa shape index (κ3) is 6.88. The van der Waals surface area contributed by atoms with Gasteiger partial charge in [0.2, 0.25) is 5.91 Å². The summed E-state index contributed by atoms with van der Waals surface area (Å²) in [6.45, 7) is 0.710. The van der Waals surface area contributed by atoms with Crippen LogP contribution in [0.4, 0.5) is 13.2 Å². The number of hydrogen-bond acceptors (Lipinski definition) is 7. The van der Waals surface area contributed by atoms with Crippen LogP contribution in [0.1, 0.15) is 53.7 Å². The Bertz CT molecular complexity index is 1360. The summed E-state index contributed by atoms with van der Waals surface area (Å²) in [6.07, 6.45) is 5.44. The molecule has 1 saturated carbocycles. The van der Waals surface area contributed by atoms with Gasteiger partial charge in [0.15, 0.2) is 0 Å². The molecule has 216 valence electrons. The van der Waals surface area contributed by atoms with Crippen LogP contribution in [0.25, 0.3) is 11.1 Å². The number of nitrogens with zero attached hydrogens (tertiary/aromatic N) is 4. The Hall–Kier alpha value is -3.90. The monoisotopic (exact) mass is 568 g/mol. The Kier molecular flexibility index (Phi) is 8.32. The van der Waals surface area contributed by atoms with E-state index < -0.39 is 23.2 Å². The summed E-state index contributed by atoms with van der Waals surface area (Å²) in [6, 6.07) is 8.14. The fourth-order valence-electron chi connectivity index (χ4n) is 5.47. The summed E-state index contributed by atoms with van der Waals surface area (Å²) >= 11 is 0. The maximum Gasteiger partial charge on any atom is 0.416 e. The van der Waals surface area contributed by atoms with Crippen molar-refractivity contribution in [1.82, 2.24) is 30.5 Å². The number of likely N-dealkylation sites (tertiary alicyclic amines) is 1.